The molecule has 0 aromatic carbocycles. The van der Waals surface area contributed by atoms with Gasteiger partial charge in [0.1, 0.15) is 12.2 Å². The van der Waals surface area contributed by atoms with Crippen LogP contribution in [0.5, 0.6) is 0 Å². The topological polar surface area (TPSA) is 54.0 Å². The van der Waals surface area contributed by atoms with Crippen LogP contribution < -0.4 is 0 Å². The fourth-order valence-electron chi connectivity index (χ4n) is 1.87. The fourth-order valence-corrected chi connectivity index (χ4v) is 2.20. The molecule has 2 aliphatic rings. The predicted molar refractivity (Wildman–Crippen MR) is 50.4 cm³/mol. The van der Waals surface area contributed by atoms with Crippen LogP contribution in [0.2, 0.25) is 0 Å². The van der Waals surface area contributed by atoms with E-state index in [1.807, 2.05) is 0 Å². The largest absolute Gasteiger partial charge is 0.466 e. The van der Waals surface area contributed by atoms with Gasteiger partial charge in [0.2, 0.25) is 0 Å². The zero-order valence-corrected chi connectivity index (χ0v) is 9.54. The third-order valence-corrected chi connectivity index (χ3v) is 2.95. The number of carbonyl (C=O) groups excluding carboxylic acids is 1. The minimum atomic E-state index is -1.58. The Bertz CT molecular complexity index is 292. The quantitative estimate of drug-likeness (QED) is 0.494. The van der Waals surface area contributed by atoms with Crippen LogP contribution in [0.4, 0.5) is 0 Å². The fraction of sp³-hybridized carbons (Fsp3) is 0.889. The van der Waals surface area contributed by atoms with E-state index in [1.54, 1.807) is 13.8 Å². The molecule has 0 N–H and O–H groups in total. The summed E-state index contributed by atoms with van der Waals surface area (Å²) in [5, 5.41) is -1.58. The summed E-state index contributed by atoms with van der Waals surface area (Å²) in [6.07, 6.45) is -0.946. The van der Waals surface area contributed by atoms with Crippen molar-refractivity contribution in [3.8, 4) is 0 Å². The molecule has 0 saturated carbocycles. The molecule has 6 heteroatoms. The number of fused-ring (bicyclic) bond motifs is 1. The SMILES string of the molecule is COC(=O)[C@@]1(Cl)OC[C@H]2OC(C)(C)O[C@H]21. The molecule has 86 valence electrons. The van der Waals surface area contributed by atoms with Crippen molar-refractivity contribution < 1.29 is 23.7 Å². The van der Waals surface area contributed by atoms with Crippen LogP contribution in [0, 0.1) is 0 Å². The van der Waals surface area contributed by atoms with E-state index >= 15 is 0 Å². The molecule has 2 heterocycles. The van der Waals surface area contributed by atoms with E-state index in [9.17, 15) is 4.79 Å². The summed E-state index contributed by atoms with van der Waals surface area (Å²) in [6.45, 7) is 3.76. The first-order chi connectivity index (χ1) is 6.89. The van der Waals surface area contributed by atoms with Gasteiger partial charge in [-0.3, -0.25) is 0 Å². The summed E-state index contributed by atoms with van der Waals surface area (Å²) >= 11 is 6.05. The van der Waals surface area contributed by atoms with E-state index in [0.717, 1.165) is 0 Å². The van der Waals surface area contributed by atoms with E-state index in [-0.39, 0.29) is 12.7 Å². The van der Waals surface area contributed by atoms with Crippen LogP contribution in [0.15, 0.2) is 0 Å². The number of halogens is 1. The number of carbonyl (C=O) groups is 1. The van der Waals surface area contributed by atoms with Gasteiger partial charge in [-0.15, -0.1) is 0 Å². The summed E-state index contributed by atoms with van der Waals surface area (Å²) in [5.74, 6) is -1.40. The molecule has 0 radical (unpaired) electrons. The highest BCUT2D eigenvalue weighted by atomic mass is 35.5. The van der Waals surface area contributed by atoms with Gasteiger partial charge < -0.3 is 18.9 Å². The van der Waals surface area contributed by atoms with Crippen molar-refractivity contribution in [3.63, 3.8) is 0 Å². The molecular formula is C9H13ClO5. The maximum atomic E-state index is 11.5. The van der Waals surface area contributed by atoms with Gasteiger partial charge in [0.15, 0.2) is 5.79 Å². The lowest BCUT2D eigenvalue weighted by molar-refractivity contribution is -0.192. The molecule has 0 unspecified atom stereocenters. The standard InChI is InChI=1S/C9H13ClO5/c1-8(2)14-5-4-13-9(10,6(5)15-8)7(11)12-3/h5-6H,4H2,1-3H3/t5-,6-,9+/m1/s1. The van der Waals surface area contributed by atoms with Crippen LogP contribution in [-0.4, -0.2) is 42.7 Å². The van der Waals surface area contributed by atoms with E-state index in [2.05, 4.69) is 4.74 Å². The summed E-state index contributed by atoms with van der Waals surface area (Å²) in [7, 11) is 1.25. The zero-order valence-electron chi connectivity index (χ0n) is 8.78. The third kappa shape index (κ3) is 1.63. The van der Waals surface area contributed by atoms with Crippen molar-refractivity contribution in [1.29, 1.82) is 0 Å². The third-order valence-electron chi connectivity index (χ3n) is 2.47. The summed E-state index contributed by atoms with van der Waals surface area (Å²) in [6, 6.07) is 0. The van der Waals surface area contributed by atoms with Crippen LogP contribution in [-0.2, 0) is 23.7 Å². The number of hydrogen-bond acceptors (Lipinski definition) is 5. The van der Waals surface area contributed by atoms with Crippen LogP contribution in [0.3, 0.4) is 0 Å². The van der Waals surface area contributed by atoms with Crippen molar-refractivity contribution in [2.45, 2.75) is 36.9 Å². The molecule has 2 saturated heterocycles. The van der Waals surface area contributed by atoms with Crippen molar-refractivity contribution in [2.24, 2.45) is 0 Å². The van der Waals surface area contributed by atoms with Crippen LogP contribution >= 0.6 is 11.6 Å². The van der Waals surface area contributed by atoms with Crippen molar-refractivity contribution in [1.82, 2.24) is 0 Å². The Balaban J connectivity index is 2.21. The van der Waals surface area contributed by atoms with E-state index in [1.165, 1.54) is 7.11 Å². The lowest BCUT2D eigenvalue weighted by Crippen LogP contribution is -2.45. The highest BCUT2D eigenvalue weighted by molar-refractivity contribution is 6.33. The smallest absolute Gasteiger partial charge is 0.357 e. The monoisotopic (exact) mass is 236 g/mol. The number of ether oxygens (including phenoxy) is 4. The summed E-state index contributed by atoms with van der Waals surface area (Å²) in [5.41, 5.74) is 0. The molecule has 5 nitrogen and oxygen atoms in total. The van der Waals surface area contributed by atoms with E-state index in [0.29, 0.717) is 0 Å². The molecule has 15 heavy (non-hydrogen) atoms. The highest BCUT2D eigenvalue weighted by Crippen LogP contribution is 2.43. The minimum Gasteiger partial charge on any atom is -0.466 e. The first kappa shape index (κ1) is 11.1. The van der Waals surface area contributed by atoms with Crippen molar-refractivity contribution >= 4 is 17.6 Å². The molecule has 0 bridgehead atoms. The van der Waals surface area contributed by atoms with Gasteiger partial charge in [0.25, 0.3) is 5.06 Å². The van der Waals surface area contributed by atoms with Gasteiger partial charge in [0, 0.05) is 0 Å². The molecule has 0 spiro atoms. The maximum absolute atomic E-state index is 11.5. The molecule has 0 aromatic rings. The Kier molecular flexibility index (Phi) is 2.46. The number of esters is 1. The molecule has 2 fully saturated rings. The molecule has 0 aromatic heterocycles. The lowest BCUT2D eigenvalue weighted by atomic mass is 10.1. The Labute approximate surface area is 92.6 Å². The number of alkyl halides is 1. The summed E-state index contributed by atoms with van der Waals surface area (Å²) < 4.78 is 20.8. The average molecular weight is 237 g/mol. The Morgan fingerprint density at radius 1 is 1.47 bits per heavy atom. The minimum absolute atomic E-state index is 0.229. The van der Waals surface area contributed by atoms with Gasteiger partial charge in [-0.25, -0.2) is 4.79 Å². The molecule has 0 aliphatic carbocycles. The molecule has 2 aliphatic heterocycles. The van der Waals surface area contributed by atoms with Gasteiger partial charge in [0.05, 0.1) is 13.7 Å². The Morgan fingerprint density at radius 2 is 2.13 bits per heavy atom. The molecular weight excluding hydrogens is 224 g/mol. The first-order valence-electron chi connectivity index (χ1n) is 4.66. The first-order valence-corrected chi connectivity index (χ1v) is 5.04. The predicted octanol–water partition coefficient (Wildman–Crippen LogP) is 0.645. The maximum Gasteiger partial charge on any atom is 0.357 e. The van der Waals surface area contributed by atoms with E-state index < -0.39 is 22.9 Å². The number of hydrogen-bond donors (Lipinski definition) is 0. The van der Waals surface area contributed by atoms with E-state index in [4.69, 9.17) is 25.8 Å². The zero-order chi connectivity index (χ0) is 11.3. The normalized spacial score (nSPS) is 42.7. The Hall–Kier alpha value is -0.360. The molecule has 2 rings (SSSR count). The van der Waals surface area contributed by atoms with Gasteiger partial charge in [-0.1, -0.05) is 11.6 Å². The Morgan fingerprint density at radius 3 is 2.73 bits per heavy atom. The van der Waals surface area contributed by atoms with Gasteiger partial charge >= 0.3 is 5.97 Å². The van der Waals surface area contributed by atoms with Crippen LogP contribution in [0.1, 0.15) is 13.8 Å². The summed E-state index contributed by atoms with van der Waals surface area (Å²) in [4.78, 5) is 11.5. The van der Waals surface area contributed by atoms with Gasteiger partial charge in [-0.05, 0) is 13.8 Å². The van der Waals surface area contributed by atoms with Crippen molar-refractivity contribution in [2.75, 3.05) is 13.7 Å². The average Bonchev–Trinajstić information content (AvgIpc) is 2.62. The number of methoxy groups -OCH3 is 1. The lowest BCUT2D eigenvalue weighted by Gasteiger charge is -2.25. The van der Waals surface area contributed by atoms with Crippen molar-refractivity contribution in [3.05, 3.63) is 0 Å². The van der Waals surface area contributed by atoms with Crippen LogP contribution in [0.25, 0.3) is 0 Å². The second-order valence-corrected chi connectivity index (χ2v) is 4.60. The second-order valence-electron chi connectivity index (χ2n) is 4.04. The number of rotatable bonds is 1. The van der Waals surface area contributed by atoms with Gasteiger partial charge in [-0.2, -0.15) is 0 Å². The molecule has 0 amide bonds. The highest BCUT2D eigenvalue weighted by Gasteiger charge is 2.62. The molecule has 3 atom stereocenters. The second kappa shape index (κ2) is 3.31.